The fraction of sp³-hybridized carbons (Fsp3) is 0.455. The maximum absolute atomic E-state index is 13.0. The Labute approximate surface area is 162 Å². The van der Waals surface area contributed by atoms with Gasteiger partial charge in [-0.2, -0.15) is 0 Å². The number of benzene rings is 1. The summed E-state index contributed by atoms with van der Waals surface area (Å²) in [6.45, 7) is 4.91. The lowest BCUT2D eigenvalue weighted by Gasteiger charge is -2.33. The van der Waals surface area contributed by atoms with E-state index in [0.29, 0.717) is 0 Å². The van der Waals surface area contributed by atoms with E-state index in [4.69, 9.17) is 0 Å². The van der Waals surface area contributed by atoms with Crippen molar-refractivity contribution in [1.29, 1.82) is 0 Å². The smallest absolute Gasteiger partial charge is 0.242 e. The number of aromatic nitrogens is 1. The van der Waals surface area contributed by atoms with Crippen molar-refractivity contribution in [3.8, 4) is 0 Å². The maximum atomic E-state index is 13.0. The number of hydrogen-bond acceptors (Lipinski definition) is 4. The van der Waals surface area contributed by atoms with Gasteiger partial charge in [0, 0.05) is 31.9 Å². The van der Waals surface area contributed by atoms with Crippen LogP contribution in [-0.2, 0) is 11.3 Å². The van der Waals surface area contributed by atoms with Gasteiger partial charge in [0.25, 0.3) is 0 Å². The van der Waals surface area contributed by atoms with E-state index in [2.05, 4.69) is 40.3 Å². The number of hydrogen-bond donors (Lipinski definition) is 1. The number of carbonyl (C=O) groups excluding carboxylic acids is 1. The lowest BCUT2D eigenvalue weighted by molar-refractivity contribution is -0.126. The molecule has 3 rings (SSSR count). The molecule has 1 N–H and O–H groups in total. The summed E-state index contributed by atoms with van der Waals surface area (Å²) in [4.78, 5) is 21.8. The second-order valence-electron chi connectivity index (χ2n) is 7.66. The topological polar surface area (TPSA) is 48.5 Å². The molecule has 1 aliphatic rings. The van der Waals surface area contributed by atoms with Crippen LogP contribution in [0.1, 0.15) is 35.7 Å². The van der Waals surface area contributed by atoms with Crippen molar-refractivity contribution in [2.75, 3.05) is 27.2 Å². The van der Waals surface area contributed by atoms with E-state index in [1.54, 1.807) is 0 Å². The van der Waals surface area contributed by atoms with Gasteiger partial charge in [-0.1, -0.05) is 35.9 Å². The predicted molar refractivity (Wildman–Crippen MR) is 108 cm³/mol. The van der Waals surface area contributed by atoms with E-state index in [1.807, 2.05) is 49.5 Å². The molecular formula is C22H30N4O. The van der Waals surface area contributed by atoms with Crippen molar-refractivity contribution < 1.29 is 4.79 Å². The first-order valence-corrected chi connectivity index (χ1v) is 9.68. The number of rotatable bonds is 6. The molecule has 0 spiro atoms. The van der Waals surface area contributed by atoms with E-state index in [-0.39, 0.29) is 18.0 Å². The highest BCUT2D eigenvalue weighted by Crippen LogP contribution is 2.21. The van der Waals surface area contributed by atoms with E-state index in [9.17, 15) is 4.79 Å². The van der Waals surface area contributed by atoms with E-state index in [0.717, 1.165) is 43.7 Å². The largest absolute Gasteiger partial charge is 0.352 e. The molecule has 2 aromatic rings. The minimum absolute atomic E-state index is 0.0915. The number of likely N-dealkylation sites (N-methyl/N-ethyl adjacent to an activating group) is 1. The van der Waals surface area contributed by atoms with Gasteiger partial charge in [-0.15, -0.1) is 0 Å². The van der Waals surface area contributed by atoms with Gasteiger partial charge in [0.1, 0.15) is 6.04 Å². The van der Waals surface area contributed by atoms with Crippen LogP contribution >= 0.6 is 0 Å². The molecule has 0 aliphatic carbocycles. The van der Waals surface area contributed by atoms with Gasteiger partial charge in [0.2, 0.25) is 5.91 Å². The van der Waals surface area contributed by atoms with Gasteiger partial charge in [-0.25, -0.2) is 0 Å². The van der Waals surface area contributed by atoms with Crippen LogP contribution in [0.4, 0.5) is 0 Å². The minimum Gasteiger partial charge on any atom is -0.352 e. The average Bonchev–Trinajstić information content (AvgIpc) is 2.64. The van der Waals surface area contributed by atoms with Gasteiger partial charge in [-0.05, 0) is 51.6 Å². The number of aryl methyl sites for hydroxylation is 1. The van der Waals surface area contributed by atoms with Crippen LogP contribution in [0.5, 0.6) is 0 Å². The summed E-state index contributed by atoms with van der Waals surface area (Å²) in [6.07, 6.45) is 3.80. The van der Waals surface area contributed by atoms with Crippen LogP contribution in [0.25, 0.3) is 0 Å². The number of pyridine rings is 1. The molecule has 1 fully saturated rings. The van der Waals surface area contributed by atoms with E-state index < -0.39 is 0 Å². The zero-order valence-corrected chi connectivity index (χ0v) is 16.6. The third kappa shape index (κ3) is 5.37. The molecule has 1 saturated heterocycles. The maximum Gasteiger partial charge on any atom is 0.242 e. The molecule has 0 bridgehead atoms. The third-order valence-electron chi connectivity index (χ3n) is 5.17. The van der Waals surface area contributed by atoms with Crippen LogP contribution in [0.15, 0.2) is 48.7 Å². The van der Waals surface area contributed by atoms with Crippen LogP contribution in [-0.4, -0.2) is 53.9 Å². The Morgan fingerprint density at radius 3 is 2.63 bits per heavy atom. The lowest BCUT2D eigenvalue weighted by atomic mass is 10.0. The fourth-order valence-corrected chi connectivity index (χ4v) is 3.76. The number of amides is 1. The Kier molecular flexibility index (Phi) is 6.58. The minimum atomic E-state index is -0.253. The van der Waals surface area contributed by atoms with E-state index in [1.165, 1.54) is 5.56 Å². The van der Waals surface area contributed by atoms with Crippen molar-refractivity contribution in [1.82, 2.24) is 20.1 Å². The summed E-state index contributed by atoms with van der Waals surface area (Å²) in [6, 6.07) is 14.2. The molecule has 1 aromatic carbocycles. The molecule has 0 radical (unpaired) electrons. The summed E-state index contributed by atoms with van der Waals surface area (Å²) in [5, 5.41) is 3.28. The molecule has 1 aromatic heterocycles. The fourth-order valence-electron chi connectivity index (χ4n) is 3.76. The molecule has 0 saturated carbocycles. The third-order valence-corrected chi connectivity index (χ3v) is 5.17. The monoisotopic (exact) mass is 366 g/mol. The van der Waals surface area contributed by atoms with Crippen LogP contribution < -0.4 is 5.32 Å². The van der Waals surface area contributed by atoms with Crippen molar-refractivity contribution in [3.63, 3.8) is 0 Å². The Morgan fingerprint density at radius 2 is 2.00 bits per heavy atom. The first-order valence-electron chi connectivity index (χ1n) is 9.68. The first-order chi connectivity index (χ1) is 13.0. The molecule has 27 heavy (non-hydrogen) atoms. The van der Waals surface area contributed by atoms with Gasteiger partial charge in [0.05, 0.1) is 5.69 Å². The van der Waals surface area contributed by atoms with Gasteiger partial charge < -0.3 is 5.32 Å². The standard InChI is InChI=1S/C22H30N4O/c1-17-7-6-8-18(15-17)21(25(2)3)22(27)24-19-10-13-26(14-11-19)16-20-9-4-5-12-23-20/h4-9,12,15,19,21H,10-11,13-14,16H2,1-3H3,(H,24,27). The Balaban J connectivity index is 1.55. The zero-order valence-electron chi connectivity index (χ0n) is 16.6. The first kappa shape index (κ1) is 19.5. The van der Waals surface area contributed by atoms with Crippen molar-refractivity contribution in [2.45, 2.75) is 38.4 Å². The van der Waals surface area contributed by atoms with Crippen LogP contribution in [0.2, 0.25) is 0 Å². The van der Waals surface area contributed by atoms with Crippen LogP contribution in [0.3, 0.4) is 0 Å². The zero-order chi connectivity index (χ0) is 19.2. The Bertz CT molecular complexity index is 739. The highest BCUT2D eigenvalue weighted by atomic mass is 16.2. The van der Waals surface area contributed by atoms with Crippen molar-refractivity contribution in [3.05, 3.63) is 65.5 Å². The second kappa shape index (κ2) is 9.11. The summed E-state index contributed by atoms with van der Waals surface area (Å²) in [5.41, 5.74) is 3.33. The predicted octanol–water partition coefficient (Wildman–Crippen LogP) is 2.77. The highest BCUT2D eigenvalue weighted by Gasteiger charge is 2.27. The Morgan fingerprint density at radius 1 is 1.22 bits per heavy atom. The lowest BCUT2D eigenvalue weighted by Crippen LogP contribution is -2.47. The molecule has 5 heteroatoms. The van der Waals surface area contributed by atoms with E-state index >= 15 is 0 Å². The Hall–Kier alpha value is -2.24. The molecule has 1 unspecified atom stereocenters. The number of likely N-dealkylation sites (tertiary alicyclic amines) is 1. The summed E-state index contributed by atoms with van der Waals surface area (Å²) in [5.74, 6) is 0.0915. The van der Waals surface area contributed by atoms with Crippen molar-refractivity contribution >= 4 is 5.91 Å². The molecule has 1 atom stereocenters. The van der Waals surface area contributed by atoms with Crippen LogP contribution in [0, 0.1) is 6.92 Å². The second-order valence-corrected chi connectivity index (χ2v) is 7.66. The quantitative estimate of drug-likeness (QED) is 0.854. The SMILES string of the molecule is Cc1cccc(C(C(=O)NC2CCN(Cc3ccccn3)CC2)N(C)C)c1. The summed E-state index contributed by atoms with van der Waals surface area (Å²) < 4.78 is 0. The summed E-state index contributed by atoms with van der Waals surface area (Å²) >= 11 is 0. The number of piperidine rings is 1. The normalized spacial score (nSPS) is 17.0. The van der Waals surface area contributed by atoms with Gasteiger partial charge in [0.15, 0.2) is 0 Å². The van der Waals surface area contributed by atoms with Crippen molar-refractivity contribution in [2.24, 2.45) is 0 Å². The summed E-state index contributed by atoms with van der Waals surface area (Å²) in [7, 11) is 3.92. The number of nitrogens with zero attached hydrogens (tertiary/aromatic N) is 3. The molecule has 1 amide bonds. The van der Waals surface area contributed by atoms with Gasteiger partial charge >= 0.3 is 0 Å². The molecule has 1 aliphatic heterocycles. The molecule has 2 heterocycles. The van der Waals surface area contributed by atoms with Gasteiger partial charge in [-0.3, -0.25) is 19.6 Å². The number of nitrogens with one attached hydrogen (secondary N) is 1. The average molecular weight is 367 g/mol. The molecular weight excluding hydrogens is 336 g/mol. The highest BCUT2D eigenvalue weighted by molar-refractivity contribution is 5.83. The number of carbonyl (C=O) groups is 1. The molecule has 5 nitrogen and oxygen atoms in total. The molecule has 144 valence electrons.